The van der Waals surface area contributed by atoms with Crippen LogP contribution in [0, 0.1) is 5.82 Å². The van der Waals surface area contributed by atoms with Gasteiger partial charge in [-0.15, -0.1) is 0 Å². The van der Waals surface area contributed by atoms with E-state index in [2.05, 4.69) is 5.32 Å². The van der Waals surface area contributed by atoms with Gasteiger partial charge in [0.15, 0.2) is 6.61 Å². The number of hydrogen-bond acceptors (Lipinski definition) is 5. The summed E-state index contributed by atoms with van der Waals surface area (Å²) in [5.74, 6) is 0.147. The van der Waals surface area contributed by atoms with Crippen LogP contribution in [0.5, 0.6) is 17.2 Å². The molecule has 31 heavy (non-hydrogen) atoms. The smallest absolute Gasteiger partial charge is 0.261 e. The van der Waals surface area contributed by atoms with E-state index in [4.69, 9.17) is 14.2 Å². The molecule has 0 fully saturated rings. The molecule has 8 heteroatoms. The fraction of sp³-hybridized carbons (Fsp3) is 0.391. The third-order valence-corrected chi connectivity index (χ3v) is 4.58. The molecule has 0 aliphatic carbocycles. The van der Waals surface area contributed by atoms with Crippen molar-refractivity contribution < 1.29 is 28.2 Å². The SMILES string of the molecule is COc1cc(OC)cc(OCC(=O)N(Cc2ccccc2F)[C@@H](C)C(=O)NC(C)C)c1. The molecule has 7 nitrogen and oxygen atoms in total. The van der Waals surface area contributed by atoms with E-state index in [1.807, 2.05) is 13.8 Å². The van der Waals surface area contributed by atoms with Gasteiger partial charge in [0.2, 0.25) is 5.91 Å². The molecule has 0 aliphatic heterocycles. The van der Waals surface area contributed by atoms with Gasteiger partial charge in [-0.25, -0.2) is 4.39 Å². The summed E-state index contributed by atoms with van der Waals surface area (Å²) in [6.07, 6.45) is 0. The lowest BCUT2D eigenvalue weighted by Gasteiger charge is -2.29. The molecule has 0 saturated carbocycles. The zero-order valence-corrected chi connectivity index (χ0v) is 18.5. The summed E-state index contributed by atoms with van der Waals surface area (Å²) in [4.78, 5) is 26.9. The van der Waals surface area contributed by atoms with Crippen LogP contribution in [0.2, 0.25) is 0 Å². The van der Waals surface area contributed by atoms with Gasteiger partial charge in [0, 0.05) is 36.3 Å². The number of benzene rings is 2. The van der Waals surface area contributed by atoms with Gasteiger partial charge in [0.25, 0.3) is 5.91 Å². The monoisotopic (exact) mass is 432 g/mol. The molecule has 0 heterocycles. The molecule has 0 bridgehead atoms. The van der Waals surface area contributed by atoms with Crippen LogP contribution in [-0.4, -0.2) is 49.6 Å². The minimum absolute atomic E-state index is 0.0665. The Balaban J connectivity index is 2.21. The van der Waals surface area contributed by atoms with Gasteiger partial charge in [0.1, 0.15) is 29.1 Å². The maximum Gasteiger partial charge on any atom is 0.261 e. The Morgan fingerprint density at radius 1 is 1.00 bits per heavy atom. The summed E-state index contributed by atoms with van der Waals surface area (Å²) in [7, 11) is 3.02. The fourth-order valence-electron chi connectivity index (χ4n) is 2.89. The number of carbonyl (C=O) groups is 2. The summed E-state index contributed by atoms with van der Waals surface area (Å²) >= 11 is 0. The Morgan fingerprint density at radius 2 is 1.58 bits per heavy atom. The van der Waals surface area contributed by atoms with Crippen LogP contribution < -0.4 is 19.5 Å². The van der Waals surface area contributed by atoms with Crippen LogP contribution in [0.3, 0.4) is 0 Å². The highest BCUT2D eigenvalue weighted by molar-refractivity contribution is 5.88. The maximum atomic E-state index is 14.2. The predicted octanol–water partition coefficient (Wildman–Crippen LogP) is 3.16. The van der Waals surface area contributed by atoms with Crippen molar-refractivity contribution in [3.8, 4) is 17.2 Å². The normalized spacial score (nSPS) is 11.6. The Bertz CT molecular complexity index is 881. The predicted molar refractivity (Wildman–Crippen MR) is 115 cm³/mol. The Kier molecular flexibility index (Phi) is 8.66. The second kappa shape index (κ2) is 11.2. The third-order valence-electron chi connectivity index (χ3n) is 4.58. The van der Waals surface area contributed by atoms with Crippen LogP contribution in [-0.2, 0) is 16.1 Å². The molecule has 2 aromatic carbocycles. The van der Waals surface area contributed by atoms with Crippen molar-refractivity contribution in [1.29, 1.82) is 0 Å². The lowest BCUT2D eigenvalue weighted by atomic mass is 10.1. The molecule has 0 saturated heterocycles. The van der Waals surface area contributed by atoms with Gasteiger partial charge in [-0.3, -0.25) is 9.59 Å². The van der Waals surface area contributed by atoms with Gasteiger partial charge in [-0.05, 0) is 26.8 Å². The van der Waals surface area contributed by atoms with Crippen LogP contribution in [0.15, 0.2) is 42.5 Å². The van der Waals surface area contributed by atoms with Crippen LogP contribution >= 0.6 is 0 Å². The zero-order valence-electron chi connectivity index (χ0n) is 18.5. The first-order valence-electron chi connectivity index (χ1n) is 9.94. The minimum atomic E-state index is -0.821. The van der Waals surface area contributed by atoms with Gasteiger partial charge in [-0.2, -0.15) is 0 Å². The highest BCUT2D eigenvalue weighted by Crippen LogP contribution is 2.27. The van der Waals surface area contributed by atoms with Gasteiger partial charge >= 0.3 is 0 Å². The molecule has 1 N–H and O–H groups in total. The van der Waals surface area contributed by atoms with Crippen molar-refractivity contribution in [2.24, 2.45) is 0 Å². The standard InChI is InChI=1S/C23H29FN2O5/c1-15(2)25-23(28)16(3)26(13-17-8-6-7-9-21(17)24)22(27)14-31-20-11-18(29-4)10-19(12-20)30-5/h6-12,15-16H,13-14H2,1-5H3,(H,25,28)/t16-/m0/s1. The summed E-state index contributed by atoms with van der Waals surface area (Å²) in [6, 6.07) is 10.1. The van der Waals surface area contributed by atoms with Crippen LogP contribution in [0.25, 0.3) is 0 Å². The van der Waals surface area contributed by atoms with E-state index in [-0.39, 0.29) is 25.1 Å². The number of amides is 2. The van der Waals surface area contributed by atoms with Crippen LogP contribution in [0.1, 0.15) is 26.3 Å². The van der Waals surface area contributed by atoms with Crippen molar-refractivity contribution in [3.63, 3.8) is 0 Å². The fourth-order valence-corrected chi connectivity index (χ4v) is 2.89. The molecule has 2 aromatic rings. The van der Waals surface area contributed by atoms with E-state index in [0.29, 0.717) is 22.8 Å². The average Bonchev–Trinajstić information content (AvgIpc) is 2.75. The molecule has 2 amide bonds. The van der Waals surface area contributed by atoms with Gasteiger partial charge in [-0.1, -0.05) is 18.2 Å². The zero-order chi connectivity index (χ0) is 23.0. The first-order chi connectivity index (χ1) is 14.7. The maximum absolute atomic E-state index is 14.2. The van der Waals surface area contributed by atoms with E-state index >= 15 is 0 Å². The molecule has 0 spiro atoms. The molecular weight excluding hydrogens is 403 g/mol. The molecule has 0 aromatic heterocycles. The molecule has 0 aliphatic rings. The van der Waals surface area contributed by atoms with Crippen molar-refractivity contribution in [2.45, 2.75) is 39.4 Å². The topological polar surface area (TPSA) is 77.1 Å². The Morgan fingerprint density at radius 3 is 2.13 bits per heavy atom. The first kappa shape index (κ1) is 24.0. The number of methoxy groups -OCH3 is 2. The van der Waals surface area contributed by atoms with E-state index in [9.17, 15) is 14.0 Å². The van der Waals surface area contributed by atoms with Gasteiger partial charge < -0.3 is 24.4 Å². The molecule has 2 rings (SSSR count). The van der Waals surface area contributed by atoms with Crippen molar-refractivity contribution in [1.82, 2.24) is 10.2 Å². The number of hydrogen-bond donors (Lipinski definition) is 1. The molecule has 0 radical (unpaired) electrons. The van der Waals surface area contributed by atoms with Crippen molar-refractivity contribution in [2.75, 3.05) is 20.8 Å². The number of halogens is 1. The highest BCUT2D eigenvalue weighted by Gasteiger charge is 2.27. The molecule has 1 atom stereocenters. The summed E-state index contributed by atoms with van der Waals surface area (Å²) in [5, 5.41) is 2.78. The lowest BCUT2D eigenvalue weighted by Crippen LogP contribution is -2.50. The number of nitrogens with zero attached hydrogens (tertiary/aromatic N) is 1. The van der Waals surface area contributed by atoms with E-state index in [1.165, 1.54) is 25.2 Å². The quantitative estimate of drug-likeness (QED) is 0.624. The van der Waals surface area contributed by atoms with E-state index in [0.717, 1.165) is 0 Å². The molecule has 168 valence electrons. The largest absolute Gasteiger partial charge is 0.496 e. The van der Waals surface area contributed by atoms with E-state index in [1.54, 1.807) is 43.3 Å². The number of carbonyl (C=O) groups excluding carboxylic acids is 2. The third kappa shape index (κ3) is 6.87. The Hall–Kier alpha value is -3.29. The molecule has 0 unspecified atom stereocenters. The lowest BCUT2D eigenvalue weighted by molar-refractivity contribution is -0.142. The van der Waals surface area contributed by atoms with Crippen molar-refractivity contribution >= 4 is 11.8 Å². The average molecular weight is 432 g/mol. The molecular formula is C23H29FN2O5. The van der Waals surface area contributed by atoms with E-state index < -0.39 is 17.8 Å². The highest BCUT2D eigenvalue weighted by atomic mass is 19.1. The second-order valence-electron chi connectivity index (χ2n) is 7.29. The summed E-state index contributed by atoms with van der Waals surface area (Å²) in [6.45, 7) is 4.85. The summed E-state index contributed by atoms with van der Waals surface area (Å²) < 4.78 is 30.2. The first-order valence-corrected chi connectivity index (χ1v) is 9.94. The Labute approximate surface area is 182 Å². The number of ether oxygens (including phenoxy) is 3. The summed E-state index contributed by atoms with van der Waals surface area (Å²) in [5.41, 5.74) is 0.308. The number of rotatable bonds is 10. The second-order valence-corrected chi connectivity index (χ2v) is 7.29. The number of nitrogens with one attached hydrogen (secondary N) is 1. The van der Waals surface area contributed by atoms with Crippen LogP contribution in [0.4, 0.5) is 4.39 Å². The minimum Gasteiger partial charge on any atom is -0.496 e. The van der Waals surface area contributed by atoms with Crippen molar-refractivity contribution in [3.05, 3.63) is 53.8 Å². The van der Waals surface area contributed by atoms with Gasteiger partial charge in [0.05, 0.1) is 14.2 Å².